The molecule has 124 valence electrons. The fourth-order valence-electron chi connectivity index (χ4n) is 2.17. The number of nitrogens with one attached hydrogen (secondary N) is 1. The van der Waals surface area contributed by atoms with Crippen LogP contribution in [0, 0.1) is 5.82 Å². The lowest BCUT2D eigenvalue weighted by atomic mass is 10.1. The number of ether oxygens (including phenoxy) is 1. The lowest BCUT2D eigenvalue weighted by molar-refractivity contribution is 0.0502. The summed E-state index contributed by atoms with van der Waals surface area (Å²) in [6.07, 6.45) is -0.494. The van der Waals surface area contributed by atoms with E-state index in [2.05, 4.69) is 5.32 Å². The molecule has 0 saturated heterocycles. The summed E-state index contributed by atoms with van der Waals surface area (Å²) in [7, 11) is 1.82. The molecule has 0 bridgehead atoms. The Kier molecular flexibility index (Phi) is 6.17. The summed E-state index contributed by atoms with van der Waals surface area (Å²) in [5.41, 5.74) is 5.97. The van der Waals surface area contributed by atoms with Gasteiger partial charge >= 0.3 is 6.09 Å². The summed E-state index contributed by atoms with van der Waals surface area (Å²) in [4.78, 5) is 13.7. The van der Waals surface area contributed by atoms with Crippen molar-refractivity contribution in [1.82, 2.24) is 5.32 Å². The molecule has 3 N–H and O–H groups in total. The summed E-state index contributed by atoms with van der Waals surface area (Å²) >= 11 is 0. The molecule has 1 aromatic carbocycles. The van der Waals surface area contributed by atoms with Gasteiger partial charge in [-0.05, 0) is 45.9 Å². The van der Waals surface area contributed by atoms with Crippen molar-refractivity contribution >= 4 is 11.8 Å². The van der Waals surface area contributed by atoms with E-state index in [-0.39, 0.29) is 17.9 Å². The van der Waals surface area contributed by atoms with E-state index in [4.69, 9.17) is 10.5 Å². The number of alkyl carbamates (subject to hydrolysis) is 1. The smallest absolute Gasteiger partial charge is 0.407 e. The second-order valence-electron chi connectivity index (χ2n) is 6.33. The minimum Gasteiger partial charge on any atom is -0.444 e. The highest BCUT2D eigenvalue weighted by atomic mass is 19.1. The highest BCUT2D eigenvalue weighted by Crippen LogP contribution is 2.18. The van der Waals surface area contributed by atoms with Crippen molar-refractivity contribution in [3.05, 3.63) is 30.1 Å². The van der Waals surface area contributed by atoms with Gasteiger partial charge in [0, 0.05) is 19.3 Å². The van der Waals surface area contributed by atoms with Gasteiger partial charge in [-0.2, -0.15) is 0 Å². The van der Waals surface area contributed by atoms with Crippen molar-refractivity contribution in [1.29, 1.82) is 0 Å². The number of rotatable bonds is 5. The van der Waals surface area contributed by atoms with Crippen molar-refractivity contribution in [2.24, 2.45) is 5.73 Å². The molecule has 2 unspecified atom stereocenters. The largest absolute Gasteiger partial charge is 0.444 e. The fourth-order valence-corrected chi connectivity index (χ4v) is 2.17. The van der Waals surface area contributed by atoms with Crippen LogP contribution in [-0.4, -0.2) is 37.4 Å². The Bertz CT molecular complexity index is 502. The van der Waals surface area contributed by atoms with Crippen molar-refractivity contribution in [2.45, 2.75) is 45.4 Å². The van der Waals surface area contributed by atoms with Gasteiger partial charge in [-0.3, -0.25) is 0 Å². The normalized spacial score (nSPS) is 14.1. The molecule has 1 aromatic rings. The minimum atomic E-state index is -0.559. The first-order chi connectivity index (χ1) is 10.1. The summed E-state index contributed by atoms with van der Waals surface area (Å²) < 4.78 is 18.6. The number of amides is 1. The molecule has 0 aliphatic rings. The Morgan fingerprint density at radius 1 is 1.45 bits per heavy atom. The third-order valence-electron chi connectivity index (χ3n) is 3.28. The minimum absolute atomic E-state index is 0.186. The van der Waals surface area contributed by atoms with Gasteiger partial charge in [-0.25, -0.2) is 9.18 Å². The van der Waals surface area contributed by atoms with Gasteiger partial charge < -0.3 is 20.7 Å². The van der Waals surface area contributed by atoms with Crippen molar-refractivity contribution < 1.29 is 13.9 Å². The standard InChI is InChI=1S/C16H26FN3O2/c1-11(19-15(21)22-16(2,3)4)14(10-18)20(5)13-8-6-7-12(17)9-13/h6-9,11,14H,10,18H2,1-5H3,(H,19,21). The zero-order valence-corrected chi connectivity index (χ0v) is 13.9. The molecule has 0 saturated carbocycles. The van der Waals surface area contributed by atoms with Gasteiger partial charge in [0.1, 0.15) is 11.4 Å². The molecule has 1 amide bonds. The van der Waals surface area contributed by atoms with Gasteiger partial charge in [-0.15, -0.1) is 0 Å². The number of hydrogen-bond donors (Lipinski definition) is 2. The number of nitrogens with zero attached hydrogens (tertiary/aromatic N) is 1. The topological polar surface area (TPSA) is 67.6 Å². The monoisotopic (exact) mass is 311 g/mol. The molecule has 22 heavy (non-hydrogen) atoms. The molecule has 0 fully saturated rings. The zero-order valence-electron chi connectivity index (χ0n) is 13.9. The molecule has 2 atom stereocenters. The van der Waals surface area contributed by atoms with E-state index in [1.807, 2.05) is 18.9 Å². The van der Waals surface area contributed by atoms with Crippen LogP contribution in [0.3, 0.4) is 0 Å². The van der Waals surface area contributed by atoms with E-state index in [1.54, 1.807) is 32.9 Å². The summed E-state index contributed by atoms with van der Waals surface area (Å²) in [5.74, 6) is -0.312. The number of anilines is 1. The van der Waals surface area contributed by atoms with Crippen molar-refractivity contribution in [2.75, 3.05) is 18.5 Å². The fraction of sp³-hybridized carbons (Fsp3) is 0.562. The first kappa shape index (κ1) is 18.2. The summed E-state index contributed by atoms with van der Waals surface area (Å²) in [5, 5.41) is 2.78. The molecule has 1 rings (SSSR count). The molecule has 0 aromatic heterocycles. The van der Waals surface area contributed by atoms with Crippen LogP contribution in [0.2, 0.25) is 0 Å². The highest BCUT2D eigenvalue weighted by Gasteiger charge is 2.25. The lowest BCUT2D eigenvalue weighted by Crippen LogP contribution is -2.53. The number of carbonyl (C=O) groups is 1. The number of nitrogens with two attached hydrogens (primary N) is 1. The van der Waals surface area contributed by atoms with Gasteiger partial charge in [-0.1, -0.05) is 6.07 Å². The number of benzene rings is 1. The van der Waals surface area contributed by atoms with Crippen LogP contribution in [0.25, 0.3) is 0 Å². The number of carbonyl (C=O) groups excluding carboxylic acids is 1. The van der Waals surface area contributed by atoms with Gasteiger partial charge in [0.2, 0.25) is 0 Å². The Hall–Kier alpha value is -1.82. The van der Waals surface area contributed by atoms with Crippen molar-refractivity contribution in [3.63, 3.8) is 0 Å². The molecular weight excluding hydrogens is 285 g/mol. The van der Waals surface area contributed by atoms with E-state index in [0.717, 1.165) is 0 Å². The van der Waals surface area contributed by atoms with Crippen LogP contribution in [0.4, 0.5) is 14.9 Å². The maximum Gasteiger partial charge on any atom is 0.407 e. The third-order valence-corrected chi connectivity index (χ3v) is 3.28. The van der Waals surface area contributed by atoms with E-state index in [9.17, 15) is 9.18 Å². The molecule has 5 nitrogen and oxygen atoms in total. The van der Waals surface area contributed by atoms with Crippen LogP contribution in [0.15, 0.2) is 24.3 Å². The zero-order chi connectivity index (χ0) is 16.9. The Morgan fingerprint density at radius 3 is 2.59 bits per heavy atom. The van der Waals surface area contributed by atoms with Gasteiger partial charge in [0.05, 0.1) is 12.1 Å². The first-order valence-electron chi connectivity index (χ1n) is 7.32. The molecule has 0 spiro atoms. The van der Waals surface area contributed by atoms with E-state index >= 15 is 0 Å². The van der Waals surface area contributed by atoms with E-state index < -0.39 is 11.7 Å². The number of hydrogen-bond acceptors (Lipinski definition) is 4. The number of halogens is 1. The van der Waals surface area contributed by atoms with E-state index in [1.165, 1.54) is 12.1 Å². The third kappa shape index (κ3) is 5.52. The molecule has 0 heterocycles. The average molecular weight is 311 g/mol. The van der Waals surface area contributed by atoms with Crippen LogP contribution < -0.4 is 16.0 Å². The highest BCUT2D eigenvalue weighted by molar-refractivity contribution is 5.68. The average Bonchev–Trinajstić information content (AvgIpc) is 2.36. The van der Waals surface area contributed by atoms with Gasteiger partial charge in [0.15, 0.2) is 0 Å². The second kappa shape index (κ2) is 7.45. The maximum absolute atomic E-state index is 13.3. The molecule has 0 radical (unpaired) electrons. The van der Waals surface area contributed by atoms with Crippen LogP contribution in [0.1, 0.15) is 27.7 Å². The summed E-state index contributed by atoms with van der Waals surface area (Å²) in [6.45, 7) is 7.56. The molecular formula is C16H26FN3O2. The molecule has 0 aliphatic carbocycles. The Balaban J connectivity index is 2.75. The first-order valence-corrected chi connectivity index (χ1v) is 7.32. The Labute approximate surface area is 131 Å². The van der Waals surface area contributed by atoms with Crippen molar-refractivity contribution in [3.8, 4) is 0 Å². The maximum atomic E-state index is 13.3. The Morgan fingerprint density at radius 2 is 2.09 bits per heavy atom. The quantitative estimate of drug-likeness (QED) is 0.877. The number of likely N-dealkylation sites (N-methyl/N-ethyl adjacent to an activating group) is 1. The molecule has 0 aliphatic heterocycles. The SMILES string of the molecule is CC(NC(=O)OC(C)(C)C)C(CN)N(C)c1cccc(F)c1. The summed E-state index contributed by atoms with van der Waals surface area (Å²) in [6, 6.07) is 5.81. The second-order valence-corrected chi connectivity index (χ2v) is 6.33. The predicted octanol–water partition coefficient (Wildman–Crippen LogP) is 2.50. The lowest BCUT2D eigenvalue weighted by Gasteiger charge is -2.34. The van der Waals surface area contributed by atoms with E-state index in [0.29, 0.717) is 12.2 Å². The van der Waals surface area contributed by atoms with Gasteiger partial charge in [0.25, 0.3) is 0 Å². The van der Waals surface area contributed by atoms with Crippen LogP contribution in [0.5, 0.6) is 0 Å². The van der Waals surface area contributed by atoms with Crippen LogP contribution in [-0.2, 0) is 4.74 Å². The molecule has 6 heteroatoms. The van der Waals surface area contributed by atoms with Crippen LogP contribution >= 0.6 is 0 Å². The predicted molar refractivity (Wildman–Crippen MR) is 86.5 cm³/mol.